The first-order valence-corrected chi connectivity index (χ1v) is 7.93. The Morgan fingerprint density at radius 1 is 1.14 bits per heavy atom. The zero-order chi connectivity index (χ0) is 15.2. The molecule has 1 N–H and O–H groups in total. The molecule has 0 aliphatic carbocycles. The minimum absolute atomic E-state index is 0.0465. The number of rotatable bonds is 4. The molecule has 1 heterocycles. The molecule has 0 unspecified atom stereocenters. The first kappa shape index (κ1) is 16.0. The lowest BCUT2D eigenvalue weighted by Crippen LogP contribution is -2.51. The Balaban J connectivity index is 1.84. The summed E-state index contributed by atoms with van der Waals surface area (Å²) in [4.78, 5) is 27.8. The normalized spacial score (nSPS) is 15.8. The summed E-state index contributed by atoms with van der Waals surface area (Å²) in [6, 6.07) is 7.40. The van der Waals surface area contributed by atoms with Crippen molar-refractivity contribution in [3.63, 3.8) is 0 Å². The fourth-order valence-corrected chi connectivity index (χ4v) is 2.60. The highest BCUT2D eigenvalue weighted by molar-refractivity contribution is 9.10. The third-order valence-corrected chi connectivity index (χ3v) is 4.02. The average Bonchev–Trinajstić information content (AvgIpc) is 2.48. The molecule has 0 spiro atoms. The van der Waals surface area contributed by atoms with E-state index in [1.165, 1.54) is 0 Å². The number of piperazine rings is 1. The van der Waals surface area contributed by atoms with Gasteiger partial charge in [0.25, 0.3) is 5.91 Å². The van der Waals surface area contributed by atoms with E-state index in [0.29, 0.717) is 31.7 Å². The van der Waals surface area contributed by atoms with Gasteiger partial charge in [-0.05, 0) is 31.2 Å². The van der Waals surface area contributed by atoms with Crippen molar-refractivity contribution in [1.29, 1.82) is 0 Å². The highest BCUT2D eigenvalue weighted by Gasteiger charge is 2.23. The van der Waals surface area contributed by atoms with Gasteiger partial charge in [-0.15, -0.1) is 0 Å². The molecular formula is C15H20BrN3O2. The summed E-state index contributed by atoms with van der Waals surface area (Å²) < 4.78 is 0.964. The van der Waals surface area contributed by atoms with Gasteiger partial charge in [-0.3, -0.25) is 14.5 Å². The van der Waals surface area contributed by atoms with E-state index in [1.54, 1.807) is 0 Å². The van der Waals surface area contributed by atoms with Crippen molar-refractivity contribution in [1.82, 2.24) is 15.1 Å². The van der Waals surface area contributed by atoms with Crippen LogP contribution in [-0.4, -0.2) is 60.9 Å². The van der Waals surface area contributed by atoms with Crippen molar-refractivity contribution in [3.05, 3.63) is 34.3 Å². The molecule has 0 bridgehead atoms. The predicted octanol–water partition coefficient (Wildman–Crippen LogP) is 1.34. The quantitative estimate of drug-likeness (QED) is 0.888. The van der Waals surface area contributed by atoms with Crippen molar-refractivity contribution in [2.24, 2.45) is 0 Å². The average molecular weight is 354 g/mol. The van der Waals surface area contributed by atoms with Crippen LogP contribution in [0.4, 0.5) is 0 Å². The standard InChI is InChI=1S/C15H20BrN3O2/c1-2-17-14(20)11-18-7-9-19(10-8-18)15(21)12-3-5-13(16)6-4-12/h3-6H,2,7-11H2,1H3,(H,17,20). The second-order valence-electron chi connectivity index (χ2n) is 5.03. The molecule has 1 saturated heterocycles. The van der Waals surface area contributed by atoms with Crippen LogP contribution >= 0.6 is 15.9 Å². The molecule has 0 aromatic heterocycles. The maximum Gasteiger partial charge on any atom is 0.253 e. The van der Waals surface area contributed by atoms with E-state index in [2.05, 4.69) is 26.1 Å². The Kier molecular flexibility index (Phi) is 5.76. The summed E-state index contributed by atoms with van der Waals surface area (Å²) in [5.41, 5.74) is 0.704. The second-order valence-corrected chi connectivity index (χ2v) is 5.94. The first-order chi connectivity index (χ1) is 10.1. The van der Waals surface area contributed by atoms with Gasteiger partial charge in [0, 0.05) is 42.8 Å². The van der Waals surface area contributed by atoms with Crippen molar-refractivity contribution in [2.75, 3.05) is 39.3 Å². The number of nitrogens with one attached hydrogen (secondary N) is 1. The Bertz CT molecular complexity index is 496. The Morgan fingerprint density at radius 3 is 2.33 bits per heavy atom. The largest absolute Gasteiger partial charge is 0.355 e. The van der Waals surface area contributed by atoms with E-state index >= 15 is 0 Å². The highest BCUT2D eigenvalue weighted by Crippen LogP contribution is 2.13. The summed E-state index contributed by atoms with van der Waals surface area (Å²) in [7, 11) is 0. The molecule has 1 aliphatic heterocycles. The van der Waals surface area contributed by atoms with Gasteiger partial charge in [-0.2, -0.15) is 0 Å². The molecule has 2 rings (SSSR count). The van der Waals surface area contributed by atoms with E-state index < -0.39 is 0 Å². The van der Waals surface area contributed by atoms with Gasteiger partial charge in [-0.1, -0.05) is 15.9 Å². The Morgan fingerprint density at radius 2 is 1.76 bits per heavy atom. The van der Waals surface area contributed by atoms with Gasteiger partial charge in [0.1, 0.15) is 0 Å². The van der Waals surface area contributed by atoms with Gasteiger partial charge in [0.05, 0.1) is 6.54 Å². The lowest BCUT2D eigenvalue weighted by molar-refractivity contribution is -0.122. The minimum atomic E-state index is 0.0465. The minimum Gasteiger partial charge on any atom is -0.355 e. The maximum absolute atomic E-state index is 12.4. The Labute approximate surface area is 133 Å². The molecule has 1 fully saturated rings. The molecule has 6 heteroatoms. The number of carbonyl (C=O) groups is 2. The van der Waals surface area contributed by atoms with E-state index in [0.717, 1.165) is 17.6 Å². The van der Waals surface area contributed by atoms with E-state index in [4.69, 9.17) is 0 Å². The van der Waals surface area contributed by atoms with Gasteiger partial charge < -0.3 is 10.2 Å². The van der Waals surface area contributed by atoms with Gasteiger partial charge in [0.2, 0.25) is 5.91 Å². The van der Waals surface area contributed by atoms with Crippen molar-refractivity contribution in [3.8, 4) is 0 Å². The number of likely N-dealkylation sites (N-methyl/N-ethyl adjacent to an activating group) is 1. The lowest BCUT2D eigenvalue weighted by atomic mass is 10.2. The number of hydrogen-bond donors (Lipinski definition) is 1. The molecule has 0 radical (unpaired) electrons. The predicted molar refractivity (Wildman–Crippen MR) is 85.2 cm³/mol. The third-order valence-electron chi connectivity index (χ3n) is 3.49. The maximum atomic E-state index is 12.4. The van der Waals surface area contributed by atoms with E-state index in [-0.39, 0.29) is 11.8 Å². The van der Waals surface area contributed by atoms with Crippen LogP contribution in [0.5, 0.6) is 0 Å². The topological polar surface area (TPSA) is 52.7 Å². The van der Waals surface area contributed by atoms with Crippen LogP contribution in [-0.2, 0) is 4.79 Å². The number of carbonyl (C=O) groups excluding carboxylic acids is 2. The SMILES string of the molecule is CCNC(=O)CN1CCN(C(=O)c2ccc(Br)cc2)CC1. The molecular weight excluding hydrogens is 334 g/mol. The number of amides is 2. The highest BCUT2D eigenvalue weighted by atomic mass is 79.9. The molecule has 1 aliphatic rings. The van der Waals surface area contributed by atoms with Crippen LogP contribution in [0.25, 0.3) is 0 Å². The first-order valence-electron chi connectivity index (χ1n) is 7.14. The number of benzene rings is 1. The summed E-state index contributed by atoms with van der Waals surface area (Å²) in [5.74, 6) is 0.102. The zero-order valence-electron chi connectivity index (χ0n) is 12.1. The summed E-state index contributed by atoms with van der Waals surface area (Å²) in [6.45, 7) is 5.77. The summed E-state index contributed by atoms with van der Waals surface area (Å²) >= 11 is 3.36. The van der Waals surface area contributed by atoms with Crippen LogP contribution in [0.2, 0.25) is 0 Å². The second kappa shape index (κ2) is 7.56. The Hall–Kier alpha value is -1.40. The molecule has 0 saturated carbocycles. The van der Waals surface area contributed by atoms with Gasteiger partial charge in [-0.25, -0.2) is 0 Å². The zero-order valence-corrected chi connectivity index (χ0v) is 13.7. The molecule has 1 aromatic carbocycles. The van der Waals surface area contributed by atoms with Crippen LogP contribution in [0.1, 0.15) is 17.3 Å². The van der Waals surface area contributed by atoms with E-state index in [9.17, 15) is 9.59 Å². The van der Waals surface area contributed by atoms with E-state index in [1.807, 2.05) is 36.1 Å². The number of nitrogens with zero attached hydrogens (tertiary/aromatic N) is 2. The van der Waals surface area contributed by atoms with Crippen molar-refractivity contribution < 1.29 is 9.59 Å². The monoisotopic (exact) mass is 353 g/mol. The van der Waals surface area contributed by atoms with Gasteiger partial charge in [0.15, 0.2) is 0 Å². The number of halogens is 1. The molecule has 114 valence electrons. The summed E-state index contributed by atoms with van der Waals surface area (Å²) in [5, 5.41) is 2.79. The molecule has 1 aromatic rings. The third kappa shape index (κ3) is 4.54. The fourth-order valence-electron chi connectivity index (χ4n) is 2.34. The smallest absolute Gasteiger partial charge is 0.253 e. The molecule has 5 nitrogen and oxygen atoms in total. The fraction of sp³-hybridized carbons (Fsp3) is 0.467. The molecule has 21 heavy (non-hydrogen) atoms. The van der Waals surface area contributed by atoms with Crippen LogP contribution in [0.15, 0.2) is 28.7 Å². The lowest BCUT2D eigenvalue weighted by Gasteiger charge is -2.34. The van der Waals surface area contributed by atoms with Crippen molar-refractivity contribution in [2.45, 2.75) is 6.92 Å². The van der Waals surface area contributed by atoms with Crippen LogP contribution in [0, 0.1) is 0 Å². The molecule has 2 amide bonds. The van der Waals surface area contributed by atoms with Crippen LogP contribution < -0.4 is 5.32 Å². The van der Waals surface area contributed by atoms with Crippen molar-refractivity contribution >= 4 is 27.7 Å². The number of hydrogen-bond acceptors (Lipinski definition) is 3. The van der Waals surface area contributed by atoms with Gasteiger partial charge >= 0.3 is 0 Å². The molecule has 0 atom stereocenters. The van der Waals surface area contributed by atoms with Crippen LogP contribution in [0.3, 0.4) is 0 Å². The summed E-state index contributed by atoms with van der Waals surface area (Å²) in [6.07, 6.45) is 0.